The van der Waals surface area contributed by atoms with E-state index in [2.05, 4.69) is 73.9 Å². The molecule has 10 nitrogen and oxygen atoms in total. The number of hydrazone groups is 1. The van der Waals surface area contributed by atoms with Crippen LogP contribution in [0.15, 0.2) is 94.6 Å². The first-order valence-electron chi connectivity index (χ1n) is 19.9. The van der Waals surface area contributed by atoms with Gasteiger partial charge in [0.15, 0.2) is 0 Å². The molecule has 0 atom stereocenters. The molecule has 0 saturated heterocycles. The van der Waals surface area contributed by atoms with Crippen LogP contribution in [0, 0.1) is 30.2 Å². The Hall–Kier alpha value is -4.68. The lowest BCUT2D eigenvalue weighted by molar-refractivity contribution is -0.162. The average molecular weight is 1250 g/mol. The van der Waals surface area contributed by atoms with Crippen LogP contribution in [0.3, 0.4) is 0 Å². The number of rotatable bonds is 12. The molecule has 1 aromatic heterocycles. The van der Waals surface area contributed by atoms with E-state index in [0.717, 1.165) is 19.1 Å². The van der Waals surface area contributed by atoms with Crippen molar-refractivity contribution in [1.29, 1.82) is 0 Å². The summed E-state index contributed by atoms with van der Waals surface area (Å²) in [6.07, 6.45) is -9.40. The van der Waals surface area contributed by atoms with Crippen molar-refractivity contribution in [3.8, 4) is 28.7 Å². The third-order valence-corrected chi connectivity index (χ3v) is 10.1. The van der Waals surface area contributed by atoms with Crippen LogP contribution >= 0.6 is 63.7 Å². The van der Waals surface area contributed by atoms with Crippen molar-refractivity contribution in [2.75, 3.05) is 5.43 Å². The van der Waals surface area contributed by atoms with Gasteiger partial charge in [-0.15, -0.1) is 0 Å². The highest BCUT2D eigenvalue weighted by Gasteiger charge is 2.37. The molecule has 0 amide bonds. The minimum absolute atomic E-state index is 0.0322. The Balaban J connectivity index is 0.000000330. The number of nitrogens with one attached hydrogen (secondary N) is 1. The lowest BCUT2D eigenvalue weighted by Crippen LogP contribution is -2.28. The zero-order valence-electron chi connectivity index (χ0n) is 37.8. The summed E-state index contributed by atoms with van der Waals surface area (Å²) in [5, 5.41) is 6.52. The van der Waals surface area contributed by atoms with Gasteiger partial charge in [-0.05, 0) is 175 Å². The van der Waals surface area contributed by atoms with Crippen molar-refractivity contribution in [2.24, 2.45) is 5.10 Å². The lowest BCUT2D eigenvalue weighted by Gasteiger charge is -2.15. The summed E-state index contributed by atoms with van der Waals surface area (Å²) in [6.45, 7) is 15.7. The van der Waals surface area contributed by atoms with E-state index in [1.807, 2.05) is 33.1 Å². The van der Waals surface area contributed by atoms with E-state index in [-0.39, 0.29) is 65.1 Å². The zero-order valence-corrected chi connectivity index (χ0v) is 44.2. The normalized spacial score (nSPS) is 11.4. The second-order valence-corrected chi connectivity index (χ2v) is 18.4. The molecule has 0 spiro atoms. The van der Waals surface area contributed by atoms with Gasteiger partial charge in [-0.25, -0.2) is 17.6 Å². The molecule has 5 aromatic rings. The van der Waals surface area contributed by atoms with Gasteiger partial charge in [-0.2, -0.15) is 41.2 Å². The highest BCUT2D eigenvalue weighted by Crippen LogP contribution is 2.34. The molecule has 0 unspecified atom stereocenters. The van der Waals surface area contributed by atoms with Gasteiger partial charge in [0, 0.05) is 17.7 Å². The number of alkyl halides is 6. The summed E-state index contributed by atoms with van der Waals surface area (Å²) >= 11 is 12.6. The number of carbonyl (C=O) groups is 1. The predicted molar refractivity (Wildman–Crippen MR) is 256 cm³/mol. The van der Waals surface area contributed by atoms with Gasteiger partial charge in [0.25, 0.3) is 11.3 Å². The molecule has 378 valence electrons. The minimum atomic E-state index is -5.02. The number of ketones is 1. The number of ether oxygens (including phenoxy) is 4. The zero-order chi connectivity index (χ0) is 52.7. The minimum Gasteiger partial charge on any atom is -0.490 e. The van der Waals surface area contributed by atoms with Crippen molar-refractivity contribution in [3.63, 3.8) is 0 Å². The number of anilines is 1. The Morgan fingerprint density at radius 3 is 1.45 bits per heavy atom. The standard InChI is InChI=1S/C15H13BrF4N2O2.C12H11BrF4N2O2.2C9H10BrFO/c1-7(2)24-13-5-12(11(17)4-10(13)16)22-14(23)8(3)9(6-21-22)15(18,19)20;1-6(2)21-10-4-9(8(14)3-7(10)13)19-18-5-11(20)12(15,16)17;2*1-6(2)12-9-4-3-7(11)5-8(9)10/h4-7H,1-3H3;3-6,19H,1-2H3;2*3-6H,1-2H3/b;18-5-;;. The van der Waals surface area contributed by atoms with Crippen LogP contribution in [0.1, 0.15) is 66.5 Å². The summed E-state index contributed by atoms with van der Waals surface area (Å²) in [7, 11) is 0. The Labute approximate surface area is 424 Å². The molecule has 1 heterocycles. The van der Waals surface area contributed by atoms with Crippen molar-refractivity contribution in [2.45, 2.75) is 99.1 Å². The molecule has 1 N–H and O–H groups in total. The van der Waals surface area contributed by atoms with E-state index in [9.17, 15) is 53.5 Å². The van der Waals surface area contributed by atoms with Crippen molar-refractivity contribution < 1.29 is 67.6 Å². The Morgan fingerprint density at radius 1 is 0.638 bits per heavy atom. The van der Waals surface area contributed by atoms with Gasteiger partial charge in [0.05, 0.1) is 66.0 Å². The number of benzene rings is 4. The quantitative estimate of drug-likeness (QED) is 0.0747. The number of hydrogen-bond acceptors (Lipinski definition) is 9. The topological polar surface area (TPSA) is 113 Å². The number of Topliss-reactive ketones (excluding diaryl/α,β-unsaturated/α-hetero) is 1. The van der Waals surface area contributed by atoms with E-state index in [1.54, 1.807) is 39.8 Å². The molecular weight excluding hydrogens is 1200 g/mol. The predicted octanol–water partition coefficient (Wildman–Crippen LogP) is 14.9. The van der Waals surface area contributed by atoms with E-state index < -0.39 is 46.5 Å². The molecular formula is C45H44Br4F10N4O6. The molecule has 4 aromatic carbocycles. The maximum atomic E-state index is 14.2. The summed E-state index contributed by atoms with van der Waals surface area (Å²) in [5.41, 5.74) is -1.26. The third-order valence-electron chi connectivity index (χ3n) is 7.66. The van der Waals surface area contributed by atoms with E-state index in [0.29, 0.717) is 40.3 Å². The molecule has 0 aliphatic heterocycles. The number of aromatic nitrogens is 2. The molecule has 0 bridgehead atoms. The maximum absolute atomic E-state index is 14.2. The fourth-order valence-corrected chi connectivity index (χ4v) is 6.57. The van der Waals surface area contributed by atoms with Crippen LogP contribution < -0.4 is 29.9 Å². The summed E-state index contributed by atoms with van der Waals surface area (Å²) < 4.78 is 151. The van der Waals surface area contributed by atoms with Crippen molar-refractivity contribution in [1.82, 2.24) is 9.78 Å². The number of halogens is 14. The highest BCUT2D eigenvalue weighted by atomic mass is 79.9. The Kier molecular flexibility index (Phi) is 23.7. The van der Waals surface area contributed by atoms with Crippen molar-refractivity contribution >= 4 is 81.4 Å². The molecule has 0 fully saturated rings. The van der Waals surface area contributed by atoms with E-state index in [1.165, 1.54) is 36.4 Å². The maximum Gasteiger partial charge on any atom is 0.455 e. The second kappa shape index (κ2) is 27.1. The third kappa shape index (κ3) is 20.3. The molecule has 0 aliphatic carbocycles. The number of carbonyl (C=O) groups excluding carboxylic acids is 1. The van der Waals surface area contributed by atoms with Gasteiger partial charge in [0.2, 0.25) is 0 Å². The number of hydrogen-bond donors (Lipinski definition) is 1. The van der Waals surface area contributed by atoms with Gasteiger partial charge in [-0.1, -0.05) is 0 Å². The van der Waals surface area contributed by atoms with Gasteiger partial charge in [0.1, 0.15) is 52.0 Å². The van der Waals surface area contributed by atoms with Gasteiger partial charge < -0.3 is 18.9 Å². The van der Waals surface area contributed by atoms with Crippen LogP contribution in [0.4, 0.5) is 49.6 Å². The van der Waals surface area contributed by atoms with E-state index in [4.69, 9.17) is 18.9 Å². The fraction of sp³-hybridized carbons (Fsp3) is 0.333. The Bertz CT molecular complexity index is 2550. The largest absolute Gasteiger partial charge is 0.490 e. The Morgan fingerprint density at radius 2 is 1.04 bits per heavy atom. The fourth-order valence-electron chi connectivity index (χ4n) is 4.86. The smallest absolute Gasteiger partial charge is 0.455 e. The van der Waals surface area contributed by atoms with Crippen LogP contribution in [0.5, 0.6) is 23.0 Å². The second-order valence-electron chi connectivity index (χ2n) is 14.9. The number of nitrogens with zero attached hydrogens (tertiary/aromatic N) is 3. The average Bonchev–Trinajstić information content (AvgIpc) is 3.20. The summed E-state index contributed by atoms with van der Waals surface area (Å²) in [6, 6.07) is 13.3. The van der Waals surface area contributed by atoms with Gasteiger partial charge in [-0.3, -0.25) is 15.0 Å². The van der Waals surface area contributed by atoms with Crippen LogP contribution in [0.2, 0.25) is 0 Å². The molecule has 5 rings (SSSR count). The summed E-state index contributed by atoms with van der Waals surface area (Å²) in [4.78, 5) is 22.8. The first kappa shape index (κ1) is 60.4. The first-order chi connectivity index (χ1) is 31.8. The lowest BCUT2D eigenvalue weighted by atomic mass is 10.2. The van der Waals surface area contributed by atoms with Crippen LogP contribution in [-0.2, 0) is 11.0 Å². The van der Waals surface area contributed by atoms with Crippen molar-refractivity contribution in [3.05, 3.63) is 130 Å². The van der Waals surface area contributed by atoms with Crippen LogP contribution in [-0.4, -0.2) is 52.4 Å². The summed E-state index contributed by atoms with van der Waals surface area (Å²) in [5.74, 6) is -2.40. The van der Waals surface area contributed by atoms with E-state index >= 15 is 0 Å². The monoisotopic (exact) mass is 1240 g/mol. The molecule has 0 radical (unpaired) electrons. The molecule has 0 aliphatic rings. The van der Waals surface area contributed by atoms with Gasteiger partial charge >= 0.3 is 12.4 Å². The first-order valence-corrected chi connectivity index (χ1v) is 23.1. The molecule has 0 saturated carbocycles. The molecule has 69 heavy (non-hydrogen) atoms. The molecule has 24 heteroatoms. The SMILES string of the molecule is CC(C)Oc1cc(N/N=C\C(=O)C(F)(F)F)c(F)cc1Br.CC(C)Oc1ccc(F)cc1Br.CC(C)Oc1ccc(F)cc1Br.Cc1c(C(F)(F)F)cnn(-c2cc(OC(C)C)c(Br)cc2F)c1=O. The van der Waals surface area contributed by atoms with Crippen LogP contribution in [0.25, 0.3) is 5.69 Å². The highest BCUT2D eigenvalue weighted by molar-refractivity contribution is 9.11.